The number of likely N-dealkylation sites (tertiary alicyclic amines) is 1. The third-order valence-corrected chi connectivity index (χ3v) is 8.87. The topological polar surface area (TPSA) is 91.8 Å². The SMILES string of the molecule is CC1CCC(C(C)C)C(OC(=O)N2CCCC2C(=O)N(c2ccc(C(=O)NC3CC3)cc2)c2nccs2)C1. The standard InChI is InChI=1S/C29H38N4O4S/c1-18(2)23-13-6-19(3)17-25(23)37-29(36)32-15-4-5-24(32)27(35)33(28-30-14-16-38-28)22-11-7-20(8-12-22)26(34)31-21-9-10-21/h7-8,11-12,14,16,18-19,21,23-25H,4-6,9-10,13,15,17H2,1-3H3,(H,31,34). The molecule has 8 nitrogen and oxygen atoms in total. The van der Waals surface area contributed by atoms with Crippen LogP contribution in [0.4, 0.5) is 15.6 Å². The van der Waals surface area contributed by atoms with Crippen molar-refractivity contribution in [2.75, 3.05) is 11.4 Å². The van der Waals surface area contributed by atoms with Gasteiger partial charge in [-0.2, -0.15) is 0 Å². The van der Waals surface area contributed by atoms with Gasteiger partial charge in [0.25, 0.3) is 11.8 Å². The van der Waals surface area contributed by atoms with Crippen LogP contribution in [0.2, 0.25) is 0 Å². The second kappa shape index (κ2) is 11.4. The lowest BCUT2D eigenvalue weighted by Crippen LogP contribution is -2.48. The molecule has 204 valence electrons. The molecule has 1 saturated heterocycles. The zero-order valence-corrected chi connectivity index (χ0v) is 23.3. The van der Waals surface area contributed by atoms with Crippen LogP contribution in [0.3, 0.4) is 0 Å². The van der Waals surface area contributed by atoms with Gasteiger partial charge in [0.1, 0.15) is 12.1 Å². The third kappa shape index (κ3) is 5.87. The van der Waals surface area contributed by atoms with Crippen LogP contribution in [0.15, 0.2) is 35.8 Å². The first-order valence-corrected chi connectivity index (χ1v) is 14.8. The molecule has 1 aliphatic heterocycles. The maximum absolute atomic E-state index is 14.0. The molecular weight excluding hydrogens is 500 g/mol. The number of thiazole rings is 1. The Morgan fingerprint density at radius 1 is 1.11 bits per heavy atom. The Bertz CT molecular complexity index is 1130. The highest BCUT2D eigenvalue weighted by Crippen LogP contribution is 2.37. The van der Waals surface area contributed by atoms with Crippen molar-refractivity contribution >= 4 is 40.1 Å². The minimum absolute atomic E-state index is 0.104. The van der Waals surface area contributed by atoms with Crippen molar-refractivity contribution in [2.45, 2.75) is 83.9 Å². The van der Waals surface area contributed by atoms with E-state index in [1.54, 1.807) is 40.3 Å². The van der Waals surface area contributed by atoms with Crippen LogP contribution >= 0.6 is 11.3 Å². The Labute approximate surface area is 228 Å². The van der Waals surface area contributed by atoms with Crippen molar-refractivity contribution in [3.63, 3.8) is 0 Å². The van der Waals surface area contributed by atoms with Crippen molar-refractivity contribution in [1.82, 2.24) is 15.2 Å². The molecule has 3 fully saturated rings. The zero-order valence-electron chi connectivity index (χ0n) is 22.5. The number of carbonyl (C=O) groups is 3. The minimum atomic E-state index is -0.622. The summed E-state index contributed by atoms with van der Waals surface area (Å²) in [5, 5.41) is 5.35. The molecule has 1 aromatic heterocycles. The quantitative estimate of drug-likeness (QED) is 0.484. The number of aromatic nitrogens is 1. The largest absolute Gasteiger partial charge is 0.446 e. The van der Waals surface area contributed by atoms with E-state index < -0.39 is 12.1 Å². The zero-order chi connectivity index (χ0) is 26.8. The van der Waals surface area contributed by atoms with E-state index in [1.165, 1.54) is 11.3 Å². The molecule has 2 aromatic rings. The third-order valence-electron chi connectivity index (χ3n) is 8.12. The van der Waals surface area contributed by atoms with E-state index in [1.807, 2.05) is 5.38 Å². The van der Waals surface area contributed by atoms with Gasteiger partial charge in [-0.1, -0.05) is 27.2 Å². The number of carbonyl (C=O) groups excluding carboxylic acids is 3. The highest BCUT2D eigenvalue weighted by molar-refractivity contribution is 7.13. The first-order chi connectivity index (χ1) is 18.3. The van der Waals surface area contributed by atoms with E-state index in [4.69, 9.17) is 4.74 Å². The van der Waals surface area contributed by atoms with Gasteiger partial charge in [-0.25, -0.2) is 9.78 Å². The molecule has 38 heavy (non-hydrogen) atoms. The highest BCUT2D eigenvalue weighted by Gasteiger charge is 2.41. The fraction of sp³-hybridized carbons (Fsp3) is 0.586. The van der Waals surface area contributed by atoms with Gasteiger partial charge in [-0.3, -0.25) is 19.4 Å². The fourth-order valence-electron chi connectivity index (χ4n) is 5.75. The predicted octanol–water partition coefficient (Wildman–Crippen LogP) is 5.76. The van der Waals surface area contributed by atoms with E-state index >= 15 is 0 Å². The number of hydrogen-bond acceptors (Lipinski definition) is 6. The summed E-state index contributed by atoms with van der Waals surface area (Å²) in [6.45, 7) is 7.09. The molecule has 0 radical (unpaired) electrons. The Kier molecular flexibility index (Phi) is 8.02. The maximum atomic E-state index is 14.0. The highest BCUT2D eigenvalue weighted by atomic mass is 32.1. The summed E-state index contributed by atoms with van der Waals surface area (Å²) in [7, 11) is 0. The second-order valence-corrected chi connectivity index (χ2v) is 12.3. The first kappa shape index (κ1) is 26.7. The summed E-state index contributed by atoms with van der Waals surface area (Å²) < 4.78 is 6.11. The van der Waals surface area contributed by atoms with Crippen LogP contribution in [0.5, 0.6) is 0 Å². The number of hydrogen-bond donors (Lipinski definition) is 1. The van der Waals surface area contributed by atoms with Crippen LogP contribution in [-0.4, -0.2) is 52.5 Å². The maximum Gasteiger partial charge on any atom is 0.410 e. The molecule has 2 heterocycles. The van der Waals surface area contributed by atoms with E-state index in [0.717, 1.165) is 38.5 Å². The van der Waals surface area contributed by atoms with Gasteiger partial charge in [0, 0.05) is 29.7 Å². The number of nitrogens with one attached hydrogen (secondary N) is 1. The minimum Gasteiger partial charge on any atom is -0.446 e. The van der Waals surface area contributed by atoms with Crippen LogP contribution in [-0.2, 0) is 9.53 Å². The molecule has 3 aliphatic rings. The van der Waals surface area contributed by atoms with Gasteiger partial charge in [0.05, 0.1) is 5.69 Å². The molecular formula is C29H38N4O4S. The van der Waals surface area contributed by atoms with Crippen molar-refractivity contribution in [3.8, 4) is 0 Å². The lowest BCUT2D eigenvalue weighted by Gasteiger charge is -2.38. The Morgan fingerprint density at radius 2 is 1.87 bits per heavy atom. The van der Waals surface area contributed by atoms with E-state index in [0.29, 0.717) is 47.1 Å². The van der Waals surface area contributed by atoms with E-state index in [2.05, 4.69) is 31.1 Å². The summed E-state index contributed by atoms with van der Waals surface area (Å²) in [5.41, 5.74) is 1.17. The van der Waals surface area contributed by atoms with Crippen LogP contribution < -0.4 is 10.2 Å². The summed E-state index contributed by atoms with van der Waals surface area (Å²) in [4.78, 5) is 47.5. The fourth-order valence-corrected chi connectivity index (χ4v) is 6.42. The van der Waals surface area contributed by atoms with E-state index in [9.17, 15) is 14.4 Å². The van der Waals surface area contributed by atoms with Crippen molar-refractivity contribution in [3.05, 3.63) is 41.4 Å². The van der Waals surface area contributed by atoms with E-state index in [-0.39, 0.29) is 24.0 Å². The molecule has 0 bridgehead atoms. The molecule has 5 rings (SSSR count). The van der Waals surface area contributed by atoms with Gasteiger partial charge in [0.15, 0.2) is 5.13 Å². The van der Waals surface area contributed by atoms with Gasteiger partial charge in [-0.05, 0) is 80.5 Å². The summed E-state index contributed by atoms with van der Waals surface area (Å²) in [6, 6.07) is 6.67. The Morgan fingerprint density at radius 3 is 2.53 bits per heavy atom. The first-order valence-electron chi connectivity index (χ1n) is 13.9. The van der Waals surface area contributed by atoms with Crippen LogP contribution in [0, 0.1) is 17.8 Å². The monoisotopic (exact) mass is 538 g/mol. The molecule has 0 spiro atoms. The molecule has 1 N–H and O–H groups in total. The molecule has 9 heteroatoms. The number of anilines is 2. The van der Waals surface area contributed by atoms with Gasteiger partial charge in [0.2, 0.25) is 0 Å². The normalized spacial score (nSPS) is 25.3. The number of rotatable bonds is 7. The smallest absolute Gasteiger partial charge is 0.410 e. The lowest BCUT2D eigenvalue weighted by atomic mass is 9.75. The van der Waals surface area contributed by atoms with Crippen LogP contribution in [0.1, 0.15) is 76.1 Å². The molecule has 3 amide bonds. The number of nitrogens with zero attached hydrogens (tertiary/aromatic N) is 3. The van der Waals surface area contributed by atoms with Crippen LogP contribution in [0.25, 0.3) is 0 Å². The number of amides is 3. The van der Waals surface area contributed by atoms with Crippen molar-refractivity contribution in [2.24, 2.45) is 17.8 Å². The number of ether oxygens (including phenoxy) is 1. The molecule has 4 unspecified atom stereocenters. The number of benzene rings is 1. The summed E-state index contributed by atoms with van der Waals surface area (Å²) in [5.74, 6) is 0.989. The molecule has 1 aromatic carbocycles. The second-order valence-electron chi connectivity index (χ2n) is 11.4. The molecule has 2 saturated carbocycles. The van der Waals surface area contributed by atoms with Crippen molar-refractivity contribution < 1.29 is 19.1 Å². The van der Waals surface area contributed by atoms with Gasteiger partial charge in [-0.15, -0.1) is 11.3 Å². The average molecular weight is 539 g/mol. The molecule has 2 aliphatic carbocycles. The van der Waals surface area contributed by atoms with Crippen molar-refractivity contribution in [1.29, 1.82) is 0 Å². The van der Waals surface area contributed by atoms with Gasteiger partial charge < -0.3 is 10.1 Å². The summed E-state index contributed by atoms with van der Waals surface area (Å²) >= 11 is 1.36. The predicted molar refractivity (Wildman–Crippen MR) is 148 cm³/mol. The summed E-state index contributed by atoms with van der Waals surface area (Å²) in [6.07, 6.45) is 7.60. The molecule has 4 atom stereocenters. The Hall–Kier alpha value is -2.94. The van der Waals surface area contributed by atoms with Gasteiger partial charge >= 0.3 is 6.09 Å². The average Bonchev–Trinajstić information content (AvgIpc) is 3.32. The Balaban J connectivity index is 1.33. The lowest BCUT2D eigenvalue weighted by molar-refractivity contribution is -0.122.